The van der Waals surface area contributed by atoms with Crippen LogP contribution >= 0.6 is 11.6 Å². The standard InChI is InChI=1S/C13H16ClN/c14-12-8-10(13(15)5-2-6-13)7-9-3-1-4-11(9)12/h7-8H,1-6,15H2. The van der Waals surface area contributed by atoms with E-state index in [9.17, 15) is 0 Å². The van der Waals surface area contributed by atoms with Crippen molar-refractivity contribution in [3.8, 4) is 0 Å². The quantitative estimate of drug-likeness (QED) is 0.775. The molecule has 1 fully saturated rings. The van der Waals surface area contributed by atoms with Gasteiger partial charge in [0.2, 0.25) is 0 Å². The predicted octanol–water partition coefficient (Wildman–Crippen LogP) is 3.17. The summed E-state index contributed by atoms with van der Waals surface area (Å²) in [7, 11) is 0. The molecule has 80 valence electrons. The monoisotopic (exact) mass is 221 g/mol. The molecule has 1 aromatic rings. The molecule has 0 bridgehead atoms. The Bertz CT molecular complexity index is 407. The highest BCUT2D eigenvalue weighted by atomic mass is 35.5. The second-order valence-corrected chi connectivity index (χ2v) is 5.37. The van der Waals surface area contributed by atoms with Crippen molar-refractivity contribution in [2.24, 2.45) is 5.73 Å². The summed E-state index contributed by atoms with van der Waals surface area (Å²) in [6.07, 6.45) is 7.05. The van der Waals surface area contributed by atoms with Gasteiger partial charge < -0.3 is 5.73 Å². The molecular formula is C13H16ClN. The van der Waals surface area contributed by atoms with Crippen molar-refractivity contribution in [1.82, 2.24) is 0 Å². The first-order chi connectivity index (χ1) is 7.19. The molecule has 3 rings (SSSR count). The van der Waals surface area contributed by atoms with E-state index < -0.39 is 0 Å². The van der Waals surface area contributed by atoms with E-state index >= 15 is 0 Å². The van der Waals surface area contributed by atoms with Gasteiger partial charge in [0.25, 0.3) is 0 Å². The Kier molecular flexibility index (Phi) is 2.08. The summed E-state index contributed by atoms with van der Waals surface area (Å²) in [5.41, 5.74) is 10.3. The van der Waals surface area contributed by atoms with Crippen molar-refractivity contribution >= 4 is 11.6 Å². The van der Waals surface area contributed by atoms with Crippen LogP contribution in [0.3, 0.4) is 0 Å². The van der Waals surface area contributed by atoms with Gasteiger partial charge in [-0.3, -0.25) is 0 Å². The number of hydrogen-bond acceptors (Lipinski definition) is 1. The Morgan fingerprint density at radius 3 is 2.60 bits per heavy atom. The minimum absolute atomic E-state index is 0.0682. The molecule has 1 nitrogen and oxygen atoms in total. The lowest BCUT2D eigenvalue weighted by Gasteiger charge is -2.39. The van der Waals surface area contributed by atoms with E-state index in [1.807, 2.05) is 0 Å². The summed E-state index contributed by atoms with van der Waals surface area (Å²) in [5.74, 6) is 0. The van der Waals surface area contributed by atoms with E-state index in [2.05, 4.69) is 12.1 Å². The van der Waals surface area contributed by atoms with Crippen LogP contribution < -0.4 is 5.73 Å². The minimum Gasteiger partial charge on any atom is -0.321 e. The highest BCUT2D eigenvalue weighted by Crippen LogP contribution is 2.41. The zero-order valence-corrected chi connectivity index (χ0v) is 9.61. The molecule has 2 aliphatic rings. The number of halogens is 1. The van der Waals surface area contributed by atoms with Gasteiger partial charge in [0.15, 0.2) is 0 Å². The third-order valence-electron chi connectivity index (χ3n) is 3.98. The number of aryl methyl sites for hydroxylation is 1. The van der Waals surface area contributed by atoms with Gasteiger partial charge in [-0.25, -0.2) is 0 Å². The van der Waals surface area contributed by atoms with Crippen LogP contribution in [0.25, 0.3) is 0 Å². The first-order valence-electron chi connectivity index (χ1n) is 5.80. The zero-order chi connectivity index (χ0) is 10.5. The first kappa shape index (κ1) is 9.68. The molecule has 2 heteroatoms. The van der Waals surface area contributed by atoms with Crippen molar-refractivity contribution in [3.05, 3.63) is 33.8 Å². The van der Waals surface area contributed by atoms with Gasteiger partial charge in [-0.2, -0.15) is 0 Å². The van der Waals surface area contributed by atoms with Crippen LogP contribution in [0.4, 0.5) is 0 Å². The van der Waals surface area contributed by atoms with E-state index in [1.54, 1.807) is 0 Å². The normalized spacial score (nSPS) is 22.3. The molecule has 0 amide bonds. The molecule has 2 N–H and O–H groups in total. The molecule has 0 atom stereocenters. The number of nitrogens with two attached hydrogens (primary N) is 1. The molecule has 0 heterocycles. The molecule has 1 aromatic carbocycles. The summed E-state index contributed by atoms with van der Waals surface area (Å²) in [6, 6.07) is 4.40. The fourth-order valence-corrected chi connectivity index (χ4v) is 3.12. The maximum atomic E-state index is 6.33. The third-order valence-corrected chi connectivity index (χ3v) is 4.32. The molecule has 0 saturated heterocycles. The van der Waals surface area contributed by atoms with Crippen LogP contribution in [0.2, 0.25) is 5.02 Å². The maximum absolute atomic E-state index is 6.33. The van der Waals surface area contributed by atoms with Crippen molar-refractivity contribution < 1.29 is 0 Å². The zero-order valence-electron chi connectivity index (χ0n) is 8.85. The Morgan fingerprint density at radius 1 is 1.13 bits per heavy atom. The second-order valence-electron chi connectivity index (χ2n) is 4.96. The number of benzene rings is 1. The molecule has 0 radical (unpaired) electrons. The SMILES string of the molecule is NC1(c2cc(Cl)c3c(c2)CCC3)CCC1. The lowest BCUT2D eigenvalue weighted by atomic mass is 9.72. The van der Waals surface area contributed by atoms with E-state index in [0.717, 1.165) is 24.3 Å². The van der Waals surface area contributed by atoms with Gasteiger partial charge in [-0.05, 0) is 61.3 Å². The van der Waals surface area contributed by atoms with E-state index in [0.29, 0.717) is 0 Å². The van der Waals surface area contributed by atoms with Gasteiger partial charge in [0.05, 0.1) is 0 Å². The molecule has 0 aromatic heterocycles. The van der Waals surface area contributed by atoms with Gasteiger partial charge in [0.1, 0.15) is 0 Å². The fourth-order valence-electron chi connectivity index (χ4n) is 2.79. The van der Waals surface area contributed by atoms with Crippen LogP contribution in [-0.2, 0) is 18.4 Å². The van der Waals surface area contributed by atoms with E-state index in [1.165, 1.54) is 36.0 Å². The lowest BCUT2D eigenvalue weighted by molar-refractivity contribution is 0.253. The van der Waals surface area contributed by atoms with Gasteiger partial charge >= 0.3 is 0 Å². The Hall–Kier alpha value is -0.530. The summed E-state index contributed by atoms with van der Waals surface area (Å²) >= 11 is 6.31. The lowest BCUT2D eigenvalue weighted by Crippen LogP contribution is -2.43. The van der Waals surface area contributed by atoms with Crippen molar-refractivity contribution in [1.29, 1.82) is 0 Å². The maximum Gasteiger partial charge on any atom is 0.0444 e. The Labute approximate surface area is 95.6 Å². The fraction of sp³-hybridized carbons (Fsp3) is 0.538. The Balaban J connectivity index is 2.07. The molecule has 0 spiro atoms. The van der Waals surface area contributed by atoms with Crippen LogP contribution in [0.5, 0.6) is 0 Å². The third kappa shape index (κ3) is 1.41. The van der Waals surface area contributed by atoms with Crippen LogP contribution in [0.15, 0.2) is 12.1 Å². The van der Waals surface area contributed by atoms with E-state index in [4.69, 9.17) is 17.3 Å². The summed E-state index contributed by atoms with van der Waals surface area (Å²) in [4.78, 5) is 0. The molecular weight excluding hydrogens is 206 g/mol. The second kappa shape index (κ2) is 3.23. The molecule has 0 aliphatic heterocycles. The summed E-state index contributed by atoms with van der Waals surface area (Å²) < 4.78 is 0. The van der Waals surface area contributed by atoms with Gasteiger partial charge in [-0.1, -0.05) is 17.7 Å². The average molecular weight is 222 g/mol. The van der Waals surface area contributed by atoms with Crippen LogP contribution in [0.1, 0.15) is 42.4 Å². The number of hydrogen-bond donors (Lipinski definition) is 1. The number of rotatable bonds is 1. The summed E-state index contributed by atoms with van der Waals surface area (Å²) in [6.45, 7) is 0. The van der Waals surface area contributed by atoms with E-state index in [-0.39, 0.29) is 5.54 Å². The smallest absolute Gasteiger partial charge is 0.0444 e. The highest BCUT2D eigenvalue weighted by molar-refractivity contribution is 6.31. The number of fused-ring (bicyclic) bond motifs is 1. The van der Waals surface area contributed by atoms with Crippen molar-refractivity contribution in [2.75, 3.05) is 0 Å². The predicted molar refractivity (Wildman–Crippen MR) is 63.2 cm³/mol. The van der Waals surface area contributed by atoms with Gasteiger partial charge in [0, 0.05) is 10.6 Å². The molecule has 2 aliphatic carbocycles. The molecule has 1 saturated carbocycles. The molecule has 15 heavy (non-hydrogen) atoms. The van der Waals surface area contributed by atoms with Crippen LogP contribution in [0, 0.1) is 0 Å². The molecule has 0 unspecified atom stereocenters. The average Bonchev–Trinajstić information content (AvgIpc) is 2.62. The van der Waals surface area contributed by atoms with Crippen LogP contribution in [-0.4, -0.2) is 0 Å². The highest BCUT2D eigenvalue weighted by Gasteiger charge is 2.35. The largest absolute Gasteiger partial charge is 0.321 e. The summed E-state index contributed by atoms with van der Waals surface area (Å²) in [5, 5.41) is 0.941. The van der Waals surface area contributed by atoms with Gasteiger partial charge in [-0.15, -0.1) is 0 Å². The Morgan fingerprint density at radius 2 is 1.93 bits per heavy atom. The minimum atomic E-state index is -0.0682. The first-order valence-corrected chi connectivity index (χ1v) is 6.17. The van der Waals surface area contributed by atoms with Crippen molar-refractivity contribution in [3.63, 3.8) is 0 Å². The van der Waals surface area contributed by atoms with Crippen molar-refractivity contribution in [2.45, 2.75) is 44.1 Å². The topological polar surface area (TPSA) is 26.0 Å².